The third kappa shape index (κ3) is 4.13. The number of fused-ring (bicyclic) bond motifs is 5. The number of rotatable bonds is 5. The summed E-state index contributed by atoms with van der Waals surface area (Å²) < 4.78 is 6.00. The van der Waals surface area contributed by atoms with Crippen LogP contribution < -0.4 is 0 Å². The topological polar surface area (TPSA) is 59.5 Å². The quantitative estimate of drug-likeness (QED) is 0.479. The number of hydrogen-bond donors (Lipinski definition) is 0. The molecule has 6 rings (SSSR count). The third-order valence-corrected chi connectivity index (χ3v) is 8.06. The van der Waals surface area contributed by atoms with Crippen molar-refractivity contribution >= 4 is 11.9 Å². The van der Waals surface area contributed by atoms with Crippen molar-refractivity contribution in [3.63, 3.8) is 0 Å². The number of amides is 1. The minimum atomic E-state index is -0.225. The average Bonchev–Trinajstić information content (AvgIpc) is 3.21. The van der Waals surface area contributed by atoms with Crippen molar-refractivity contribution in [3.8, 4) is 11.1 Å². The van der Waals surface area contributed by atoms with Crippen molar-refractivity contribution in [1.29, 1.82) is 0 Å². The lowest BCUT2D eigenvalue weighted by atomic mass is 9.76. The van der Waals surface area contributed by atoms with Crippen molar-refractivity contribution in [2.24, 2.45) is 5.92 Å². The Hall–Kier alpha value is -3.47. The second kappa shape index (κ2) is 9.29. The van der Waals surface area contributed by atoms with E-state index in [-0.39, 0.29) is 35.8 Å². The Morgan fingerprint density at radius 1 is 0.857 bits per heavy atom. The SMILES string of the molecule is O=C(Cc1ccccn1)C1CC2CCCC(C1)N2C(=O)OCC1c2ccccc2-c2ccccc21. The molecule has 35 heavy (non-hydrogen) atoms. The molecule has 1 aromatic heterocycles. The molecule has 0 N–H and O–H groups in total. The molecule has 1 amide bonds. The lowest BCUT2D eigenvalue weighted by molar-refractivity contribution is -0.126. The van der Waals surface area contributed by atoms with Crippen molar-refractivity contribution in [3.05, 3.63) is 89.7 Å². The normalized spacial score (nSPS) is 22.9. The van der Waals surface area contributed by atoms with Gasteiger partial charge in [0.1, 0.15) is 12.4 Å². The van der Waals surface area contributed by atoms with Crippen LogP contribution in [0.3, 0.4) is 0 Å². The van der Waals surface area contributed by atoms with Crippen LogP contribution in [0.5, 0.6) is 0 Å². The molecule has 2 unspecified atom stereocenters. The lowest BCUT2D eigenvalue weighted by Gasteiger charge is -2.47. The molecule has 2 fully saturated rings. The number of nitrogens with zero attached hydrogens (tertiary/aromatic N) is 2. The molecule has 178 valence electrons. The van der Waals surface area contributed by atoms with Gasteiger partial charge in [0.05, 0.1) is 0 Å². The van der Waals surface area contributed by atoms with Crippen molar-refractivity contribution < 1.29 is 14.3 Å². The van der Waals surface area contributed by atoms with Gasteiger partial charge in [-0.2, -0.15) is 0 Å². The number of carbonyl (C=O) groups excluding carboxylic acids is 2. The molecule has 2 bridgehead atoms. The third-order valence-electron chi connectivity index (χ3n) is 8.06. The Morgan fingerprint density at radius 3 is 2.11 bits per heavy atom. The van der Waals surface area contributed by atoms with Crippen LogP contribution >= 0.6 is 0 Å². The summed E-state index contributed by atoms with van der Waals surface area (Å²) >= 11 is 0. The van der Waals surface area contributed by atoms with Gasteiger partial charge in [0, 0.05) is 42.2 Å². The largest absolute Gasteiger partial charge is 0.448 e. The maximum atomic E-state index is 13.4. The van der Waals surface area contributed by atoms with E-state index in [1.165, 1.54) is 22.3 Å². The maximum absolute atomic E-state index is 13.4. The van der Waals surface area contributed by atoms with E-state index in [1.54, 1.807) is 6.20 Å². The van der Waals surface area contributed by atoms with Crippen LogP contribution in [-0.2, 0) is 16.0 Å². The van der Waals surface area contributed by atoms with E-state index in [4.69, 9.17) is 4.74 Å². The van der Waals surface area contributed by atoms with Gasteiger partial charge >= 0.3 is 6.09 Å². The van der Waals surface area contributed by atoms with Crippen LogP contribution in [0.25, 0.3) is 11.1 Å². The number of aromatic nitrogens is 1. The summed E-state index contributed by atoms with van der Waals surface area (Å²) in [6.07, 6.45) is 6.31. The van der Waals surface area contributed by atoms with Crippen LogP contribution in [0.1, 0.15) is 54.8 Å². The zero-order valence-electron chi connectivity index (χ0n) is 19.8. The van der Waals surface area contributed by atoms with E-state index in [0.29, 0.717) is 13.0 Å². The summed E-state index contributed by atoms with van der Waals surface area (Å²) in [5.41, 5.74) is 5.73. The number of ether oxygens (including phenoxy) is 1. The lowest BCUT2D eigenvalue weighted by Crippen LogP contribution is -2.56. The molecular formula is C30H30N2O3. The molecule has 3 aliphatic rings. The number of benzene rings is 2. The first-order valence-corrected chi connectivity index (χ1v) is 12.7. The zero-order valence-corrected chi connectivity index (χ0v) is 19.8. The number of pyridine rings is 1. The van der Waals surface area contributed by atoms with Crippen LogP contribution in [0.15, 0.2) is 72.9 Å². The number of hydrogen-bond acceptors (Lipinski definition) is 4. The Bertz CT molecular complexity index is 1180. The fourth-order valence-electron chi connectivity index (χ4n) is 6.44. The molecule has 0 saturated carbocycles. The molecule has 2 saturated heterocycles. The van der Waals surface area contributed by atoms with Gasteiger partial charge in [-0.05, 0) is 66.5 Å². The molecule has 2 aromatic carbocycles. The van der Waals surface area contributed by atoms with Gasteiger partial charge < -0.3 is 9.64 Å². The van der Waals surface area contributed by atoms with Gasteiger partial charge in [-0.15, -0.1) is 0 Å². The van der Waals surface area contributed by atoms with Gasteiger partial charge in [0.15, 0.2) is 0 Å². The minimum Gasteiger partial charge on any atom is -0.448 e. The first-order valence-electron chi connectivity index (χ1n) is 12.7. The number of Topliss-reactive ketones (excluding diaryl/α,β-unsaturated/α-hetero) is 1. The van der Waals surface area contributed by atoms with Crippen molar-refractivity contribution in [2.75, 3.05) is 6.61 Å². The first-order chi connectivity index (χ1) is 17.2. The Morgan fingerprint density at radius 2 is 1.49 bits per heavy atom. The number of carbonyl (C=O) groups is 2. The summed E-state index contributed by atoms with van der Waals surface area (Å²) in [5.74, 6) is 0.293. The molecule has 3 heterocycles. The molecular weight excluding hydrogens is 436 g/mol. The van der Waals surface area contributed by atoms with Gasteiger partial charge in [-0.25, -0.2) is 4.79 Å². The summed E-state index contributed by atoms with van der Waals surface area (Å²) in [4.78, 5) is 32.7. The summed E-state index contributed by atoms with van der Waals surface area (Å²) in [7, 11) is 0. The first kappa shape index (κ1) is 22.0. The minimum absolute atomic E-state index is 0.00931. The molecule has 0 radical (unpaired) electrons. The van der Waals surface area contributed by atoms with E-state index in [2.05, 4.69) is 53.5 Å². The smallest absolute Gasteiger partial charge is 0.410 e. The molecule has 3 aromatic rings. The van der Waals surface area contributed by atoms with Gasteiger partial charge in [0.2, 0.25) is 0 Å². The highest BCUT2D eigenvalue weighted by atomic mass is 16.6. The van der Waals surface area contributed by atoms with Crippen molar-refractivity contribution in [1.82, 2.24) is 9.88 Å². The highest BCUT2D eigenvalue weighted by Crippen LogP contribution is 2.45. The van der Waals surface area contributed by atoms with E-state index in [9.17, 15) is 9.59 Å². The number of ketones is 1. The van der Waals surface area contributed by atoms with Crippen LogP contribution in [0.4, 0.5) is 4.79 Å². The Labute approximate surface area is 206 Å². The van der Waals surface area contributed by atoms with E-state index in [1.807, 2.05) is 23.1 Å². The fourth-order valence-corrected chi connectivity index (χ4v) is 6.44. The fraction of sp³-hybridized carbons (Fsp3) is 0.367. The maximum Gasteiger partial charge on any atom is 0.410 e. The summed E-state index contributed by atoms with van der Waals surface area (Å²) in [6, 6.07) is 22.7. The second-order valence-electron chi connectivity index (χ2n) is 10.1. The standard InChI is InChI=1S/C30H30N2O3/c33-29(18-21-8-5-6-15-31-21)20-16-22-9-7-10-23(17-20)32(22)30(34)35-19-28-26-13-3-1-11-24(26)25-12-2-4-14-27(25)28/h1-6,8,11-15,20,22-23,28H,7,9-10,16-19H2. The molecule has 0 spiro atoms. The van der Waals surface area contributed by atoms with E-state index < -0.39 is 0 Å². The Balaban J connectivity index is 1.14. The predicted molar refractivity (Wildman–Crippen MR) is 134 cm³/mol. The summed E-state index contributed by atoms with van der Waals surface area (Å²) in [6.45, 7) is 0.338. The molecule has 5 nitrogen and oxygen atoms in total. The highest BCUT2D eigenvalue weighted by molar-refractivity contribution is 5.83. The monoisotopic (exact) mass is 466 g/mol. The van der Waals surface area contributed by atoms with Crippen molar-refractivity contribution in [2.45, 2.75) is 56.5 Å². The predicted octanol–water partition coefficient (Wildman–Crippen LogP) is 5.78. The van der Waals surface area contributed by atoms with E-state index in [0.717, 1.165) is 37.8 Å². The Kier molecular flexibility index (Phi) is 5.85. The van der Waals surface area contributed by atoms with Gasteiger partial charge in [-0.3, -0.25) is 9.78 Å². The zero-order chi connectivity index (χ0) is 23.8. The van der Waals surface area contributed by atoms with Crippen LogP contribution in [0.2, 0.25) is 0 Å². The van der Waals surface area contributed by atoms with Crippen LogP contribution in [0, 0.1) is 5.92 Å². The van der Waals surface area contributed by atoms with Gasteiger partial charge in [-0.1, -0.05) is 54.6 Å². The molecule has 2 atom stereocenters. The van der Waals surface area contributed by atoms with E-state index >= 15 is 0 Å². The molecule has 2 aliphatic heterocycles. The summed E-state index contributed by atoms with van der Waals surface area (Å²) in [5, 5.41) is 0. The van der Waals surface area contributed by atoms with Gasteiger partial charge in [0.25, 0.3) is 0 Å². The number of piperidine rings is 2. The molecule has 1 aliphatic carbocycles. The second-order valence-corrected chi connectivity index (χ2v) is 10.1. The van der Waals surface area contributed by atoms with Crippen LogP contribution in [-0.4, -0.2) is 40.5 Å². The molecule has 5 heteroatoms. The average molecular weight is 467 g/mol. The highest BCUT2D eigenvalue weighted by Gasteiger charge is 2.44.